The first-order valence-electron chi connectivity index (χ1n) is 11.0. The molecule has 0 aromatic heterocycles. The van der Waals surface area contributed by atoms with Gasteiger partial charge in [0.1, 0.15) is 0 Å². The summed E-state index contributed by atoms with van der Waals surface area (Å²) in [6.07, 6.45) is 2.56. The molecule has 1 unspecified atom stereocenters. The van der Waals surface area contributed by atoms with Crippen LogP contribution in [0.3, 0.4) is 0 Å². The van der Waals surface area contributed by atoms with Gasteiger partial charge in [-0.15, -0.1) is 6.58 Å². The van der Waals surface area contributed by atoms with Gasteiger partial charge in [0.2, 0.25) is 0 Å². The molecule has 0 saturated heterocycles. The van der Waals surface area contributed by atoms with E-state index in [1.54, 1.807) is 0 Å². The molecular formula is C29H31NO2. The van der Waals surface area contributed by atoms with E-state index in [0.717, 1.165) is 16.7 Å². The summed E-state index contributed by atoms with van der Waals surface area (Å²) in [5.74, 6) is 0.150. The number of hydrogen-bond acceptors (Lipinski definition) is 3. The molecule has 3 rings (SSSR count). The summed E-state index contributed by atoms with van der Waals surface area (Å²) in [5.41, 5.74) is 3.74. The van der Waals surface area contributed by atoms with Gasteiger partial charge in [-0.2, -0.15) is 0 Å². The van der Waals surface area contributed by atoms with Crippen LogP contribution in [0.4, 0.5) is 0 Å². The average Bonchev–Trinajstić information content (AvgIpc) is 2.81. The van der Waals surface area contributed by atoms with Crippen molar-refractivity contribution in [3.05, 3.63) is 119 Å². The predicted molar refractivity (Wildman–Crippen MR) is 131 cm³/mol. The molecule has 3 heteroatoms. The van der Waals surface area contributed by atoms with Crippen molar-refractivity contribution in [3.8, 4) is 0 Å². The number of carbonyl (C=O) groups is 2. The Morgan fingerprint density at radius 1 is 0.875 bits per heavy atom. The van der Waals surface area contributed by atoms with E-state index in [1.165, 1.54) is 0 Å². The monoisotopic (exact) mass is 425 g/mol. The van der Waals surface area contributed by atoms with Crippen LogP contribution in [0.2, 0.25) is 0 Å². The van der Waals surface area contributed by atoms with Gasteiger partial charge in [0.05, 0.1) is 0 Å². The van der Waals surface area contributed by atoms with Crippen molar-refractivity contribution in [3.63, 3.8) is 0 Å². The predicted octanol–water partition coefficient (Wildman–Crippen LogP) is 6.55. The molecule has 0 amide bonds. The van der Waals surface area contributed by atoms with Crippen molar-refractivity contribution in [2.24, 2.45) is 5.41 Å². The zero-order chi connectivity index (χ0) is 23.1. The Labute approximate surface area is 191 Å². The highest BCUT2D eigenvalue weighted by atomic mass is 16.1. The van der Waals surface area contributed by atoms with E-state index in [2.05, 4.69) is 11.9 Å². The molecule has 0 radical (unpaired) electrons. The Hall–Kier alpha value is -3.30. The maximum atomic E-state index is 13.1. The Morgan fingerprint density at radius 3 is 2.12 bits per heavy atom. The van der Waals surface area contributed by atoms with Crippen molar-refractivity contribution in [1.29, 1.82) is 0 Å². The lowest BCUT2D eigenvalue weighted by Crippen LogP contribution is -2.23. The molecule has 3 nitrogen and oxygen atoms in total. The number of Topliss-reactive ketones (excluding diaryl/α,β-unsaturated/α-hetero) is 1. The van der Waals surface area contributed by atoms with Gasteiger partial charge in [-0.1, -0.05) is 106 Å². The lowest BCUT2D eigenvalue weighted by atomic mass is 9.86. The van der Waals surface area contributed by atoms with E-state index >= 15 is 0 Å². The quantitative estimate of drug-likeness (QED) is 0.312. The summed E-state index contributed by atoms with van der Waals surface area (Å²) in [6, 6.07) is 24.8. The van der Waals surface area contributed by atoms with Gasteiger partial charge in [0.15, 0.2) is 11.6 Å². The van der Waals surface area contributed by atoms with Gasteiger partial charge in [-0.3, -0.25) is 9.59 Å². The number of ketones is 2. The molecule has 0 fully saturated rings. The minimum absolute atomic E-state index is 0.0158. The fourth-order valence-corrected chi connectivity index (χ4v) is 3.69. The summed E-state index contributed by atoms with van der Waals surface area (Å²) in [4.78, 5) is 25.6. The van der Waals surface area contributed by atoms with Gasteiger partial charge in [-0.25, -0.2) is 0 Å². The van der Waals surface area contributed by atoms with Crippen LogP contribution in [0, 0.1) is 5.41 Å². The second-order valence-electron chi connectivity index (χ2n) is 9.02. The number of carbonyl (C=O) groups excluding carboxylic acids is 2. The van der Waals surface area contributed by atoms with E-state index < -0.39 is 5.41 Å². The third-order valence-electron chi connectivity index (χ3n) is 5.47. The Bertz CT molecular complexity index is 1080. The molecule has 0 heterocycles. The van der Waals surface area contributed by atoms with E-state index in [0.29, 0.717) is 24.1 Å². The van der Waals surface area contributed by atoms with Crippen LogP contribution in [-0.4, -0.2) is 11.6 Å². The van der Waals surface area contributed by atoms with E-state index in [-0.39, 0.29) is 17.6 Å². The van der Waals surface area contributed by atoms with Gasteiger partial charge in [0.25, 0.3) is 0 Å². The van der Waals surface area contributed by atoms with Gasteiger partial charge in [-0.05, 0) is 17.5 Å². The first-order valence-corrected chi connectivity index (χ1v) is 11.0. The molecule has 0 aliphatic carbocycles. The van der Waals surface area contributed by atoms with Gasteiger partial charge < -0.3 is 5.32 Å². The lowest BCUT2D eigenvalue weighted by molar-refractivity contribution is 0.0858. The van der Waals surface area contributed by atoms with Crippen LogP contribution >= 0.6 is 0 Å². The lowest BCUT2D eigenvalue weighted by Gasteiger charge is -2.21. The van der Waals surface area contributed by atoms with E-state index in [4.69, 9.17) is 0 Å². The van der Waals surface area contributed by atoms with Crippen LogP contribution < -0.4 is 5.32 Å². The number of nitrogens with one attached hydrogen (secondary N) is 1. The molecular weight excluding hydrogens is 394 g/mol. The first-order chi connectivity index (χ1) is 15.3. The highest BCUT2D eigenvalue weighted by Crippen LogP contribution is 2.25. The fourth-order valence-electron chi connectivity index (χ4n) is 3.69. The topological polar surface area (TPSA) is 46.2 Å². The fraction of sp³-hybridized carbons (Fsp3) is 0.241. The minimum atomic E-state index is -0.399. The maximum absolute atomic E-state index is 13.1. The molecule has 0 bridgehead atoms. The minimum Gasteiger partial charge on any atom is -0.306 e. The van der Waals surface area contributed by atoms with Gasteiger partial charge >= 0.3 is 0 Å². The molecule has 0 aliphatic heterocycles. The van der Waals surface area contributed by atoms with Crippen LogP contribution in [0.15, 0.2) is 91.5 Å². The standard InChI is InChI=1S/C29H31NO2/c1-5-11-26(30-20-21-16-18-23(19-17-21)28(32)29(2,3)4)24-14-9-10-15-25(24)27(31)22-12-7-6-8-13-22/h5-10,12-19,26,30H,1,11,20H2,2-4H3. The third kappa shape index (κ3) is 5.68. The summed E-state index contributed by atoms with van der Waals surface area (Å²) >= 11 is 0. The highest BCUT2D eigenvalue weighted by molar-refractivity contribution is 6.10. The molecule has 3 aromatic carbocycles. The summed E-state index contributed by atoms with van der Waals surface area (Å²) < 4.78 is 0. The zero-order valence-electron chi connectivity index (χ0n) is 19.1. The molecule has 0 aliphatic rings. The number of benzene rings is 3. The second-order valence-corrected chi connectivity index (χ2v) is 9.02. The Kier molecular flexibility index (Phi) is 7.55. The molecule has 0 spiro atoms. The summed E-state index contributed by atoms with van der Waals surface area (Å²) in [7, 11) is 0. The maximum Gasteiger partial charge on any atom is 0.193 e. The van der Waals surface area contributed by atoms with Crippen LogP contribution in [-0.2, 0) is 6.54 Å². The first kappa shape index (κ1) is 23.4. The average molecular weight is 426 g/mol. The van der Waals surface area contributed by atoms with Crippen molar-refractivity contribution in [2.45, 2.75) is 39.8 Å². The second kappa shape index (κ2) is 10.3. The third-order valence-corrected chi connectivity index (χ3v) is 5.47. The van der Waals surface area contributed by atoms with Crippen LogP contribution in [0.25, 0.3) is 0 Å². The highest BCUT2D eigenvalue weighted by Gasteiger charge is 2.23. The molecule has 1 N–H and O–H groups in total. The molecule has 32 heavy (non-hydrogen) atoms. The molecule has 0 saturated carbocycles. The zero-order valence-corrected chi connectivity index (χ0v) is 19.1. The molecule has 1 atom stereocenters. The van der Waals surface area contributed by atoms with E-state index in [1.807, 2.05) is 106 Å². The van der Waals surface area contributed by atoms with Crippen molar-refractivity contribution < 1.29 is 9.59 Å². The van der Waals surface area contributed by atoms with Gasteiger partial charge in [0, 0.05) is 34.7 Å². The number of hydrogen-bond donors (Lipinski definition) is 1. The largest absolute Gasteiger partial charge is 0.306 e. The van der Waals surface area contributed by atoms with Crippen molar-refractivity contribution in [1.82, 2.24) is 5.32 Å². The smallest absolute Gasteiger partial charge is 0.193 e. The van der Waals surface area contributed by atoms with Crippen molar-refractivity contribution >= 4 is 11.6 Å². The van der Waals surface area contributed by atoms with Crippen molar-refractivity contribution in [2.75, 3.05) is 0 Å². The Morgan fingerprint density at radius 2 is 1.50 bits per heavy atom. The molecule has 164 valence electrons. The number of rotatable bonds is 9. The molecule has 3 aromatic rings. The van der Waals surface area contributed by atoms with Crippen LogP contribution in [0.1, 0.15) is 70.6 Å². The summed E-state index contributed by atoms with van der Waals surface area (Å²) in [6.45, 7) is 10.3. The van der Waals surface area contributed by atoms with Crippen LogP contribution in [0.5, 0.6) is 0 Å². The normalized spacial score (nSPS) is 12.2. The SMILES string of the molecule is C=CCC(NCc1ccc(C(=O)C(C)(C)C)cc1)c1ccccc1C(=O)c1ccccc1. The summed E-state index contributed by atoms with van der Waals surface area (Å²) in [5, 5.41) is 3.57. The Balaban J connectivity index is 1.79. The van der Waals surface area contributed by atoms with E-state index in [9.17, 15) is 9.59 Å².